The van der Waals surface area contributed by atoms with E-state index >= 15 is 0 Å². The van der Waals surface area contributed by atoms with Gasteiger partial charge in [0.1, 0.15) is 0 Å². The Morgan fingerprint density at radius 3 is 2.67 bits per heavy atom. The number of amides is 1. The number of hydrogen-bond acceptors (Lipinski definition) is 3. The van der Waals surface area contributed by atoms with Gasteiger partial charge in [0, 0.05) is 19.6 Å². The molecule has 1 heterocycles. The Balaban J connectivity index is 1.82. The van der Waals surface area contributed by atoms with Crippen molar-refractivity contribution in [2.45, 2.75) is 25.3 Å². The molecule has 2 fully saturated rings. The van der Waals surface area contributed by atoms with E-state index in [1.807, 2.05) is 11.9 Å². The van der Waals surface area contributed by atoms with Gasteiger partial charge in [-0.25, -0.2) is 0 Å². The first-order chi connectivity index (χ1) is 7.18. The van der Waals surface area contributed by atoms with Crippen LogP contribution in [0, 0.1) is 11.8 Å². The molecule has 1 aliphatic heterocycles. The van der Waals surface area contributed by atoms with Crippen LogP contribution in [0.3, 0.4) is 0 Å². The van der Waals surface area contributed by atoms with E-state index < -0.39 is 0 Å². The Bertz CT molecular complexity index is 241. The van der Waals surface area contributed by atoms with Crippen LogP contribution in [-0.2, 0) is 9.53 Å². The van der Waals surface area contributed by atoms with Crippen molar-refractivity contribution in [3.8, 4) is 0 Å². The molecule has 0 aromatic carbocycles. The molecule has 2 unspecified atom stereocenters. The van der Waals surface area contributed by atoms with Gasteiger partial charge in [-0.3, -0.25) is 4.79 Å². The van der Waals surface area contributed by atoms with E-state index in [9.17, 15) is 4.79 Å². The van der Waals surface area contributed by atoms with Crippen LogP contribution in [0.2, 0.25) is 0 Å². The average molecular weight is 212 g/mol. The van der Waals surface area contributed by atoms with E-state index in [0.717, 1.165) is 12.5 Å². The molecule has 2 atom stereocenters. The zero-order chi connectivity index (χ0) is 10.8. The monoisotopic (exact) mass is 212 g/mol. The van der Waals surface area contributed by atoms with E-state index in [1.54, 1.807) is 0 Å². The number of carbonyl (C=O) groups excluding carboxylic acids is 1. The lowest BCUT2D eigenvalue weighted by molar-refractivity contribution is -0.135. The van der Waals surface area contributed by atoms with Gasteiger partial charge < -0.3 is 15.4 Å². The zero-order valence-electron chi connectivity index (χ0n) is 9.32. The Morgan fingerprint density at radius 1 is 1.47 bits per heavy atom. The van der Waals surface area contributed by atoms with Gasteiger partial charge in [0.25, 0.3) is 0 Å². The molecule has 2 rings (SSSR count). The highest BCUT2D eigenvalue weighted by molar-refractivity contribution is 5.79. The van der Waals surface area contributed by atoms with E-state index in [4.69, 9.17) is 10.5 Å². The molecule has 1 saturated carbocycles. The Kier molecular flexibility index (Phi) is 3.26. The highest BCUT2D eigenvalue weighted by Gasteiger charge is 2.34. The Hall–Kier alpha value is -0.610. The quantitative estimate of drug-likeness (QED) is 0.728. The summed E-state index contributed by atoms with van der Waals surface area (Å²) in [6.07, 6.45) is 3.86. The van der Waals surface area contributed by atoms with Crippen molar-refractivity contribution < 1.29 is 9.53 Å². The fourth-order valence-corrected chi connectivity index (χ4v) is 2.26. The SMILES string of the molecule is CN(CC1CCC1)C(=O)C1COCC1N. The molecule has 2 N–H and O–H groups in total. The van der Waals surface area contributed by atoms with Crippen LogP contribution in [-0.4, -0.2) is 43.7 Å². The van der Waals surface area contributed by atoms with Crippen LogP contribution in [0.25, 0.3) is 0 Å². The molecule has 15 heavy (non-hydrogen) atoms. The molecule has 0 aromatic rings. The minimum absolute atomic E-state index is 0.110. The van der Waals surface area contributed by atoms with Gasteiger partial charge in [0.2, 0.25) is 5.91 Å². The minimum atomic E-state index is -0.116. The number of ether oxygens (including phenoxy) is 1. The van der Waals surface area contributed by atoms with Crippen LogP contribution in [0.5, 0.6) is 0 Å². The lowest BCUT2D eigenvalue weighted by atomic mass is 9.85. The number of nitrogens with two attached hydrogens (primary N) is 1. The summed E-state index contributed by atoms with van der Waals surface area (Å²) < 4.78 is 5.21. The standard InChI is InChI=1S/C11H20N2O2/c1-13(5-8-3-2-4-8)11(14)9-6-15-7-10(9)12/h8-10H,2-7,12H2,1H3. The largest absolute Gasteiger partial charge is 0.379 e. The predicted molar refractivity (Wildman–Crippen MR) is 57.3 cm³/mol. The topological polar surface area (TPSA) is 55.6 Å². The maximum absolute atomic E-state index is 12.0. The number of hydrogen-bond donors (Lipinski definition) is 1. The van der Waals surface area contributed by atoms with Crippen molar-refractivity contribution in [1.29, 1.82) is 0 Å². The van der Waals surface area contributed by atoms with Crippen molar-refractivity contribution >= 4 is 5.91 Å². The fraction of sp³-hybridized carbons (Fsp3) is 0.909. The van der Waals surface area contributed by atoms with Gasteiger partial charge in [-0.2, -0.15) is 0 Å². The zero-order valence-corrected chi connectivity index (χ0v) is 9.32. The highest BCUT2D eigenvalue weighted by Crippen LogP contribution is 2.27. The van der Waals surface area contributed by atoms with Crippen molar-refractivity contribution in [2.75, 3.05) is 26.8 Å². The lowest BCUT2D eigenvalue weighted by Gasteiger charge is -2.31. The summed E-state index contributed by atoms with van der Waals surface area (Å²) >= 11 is 0. The minimum Gasteiger partial charge on any atom is -0.379 e. The Morgan fingerprint density at radius 2 is 2.20 bits per heavy atom. The van der Waals surface area contributed by atoms with Gasteiger partial charge in [0.05, 0.1) is 19.1 Å². The van der Waals surface area contributed by atoms with Crippen molar-refractivity contribution in [3.63, 3.8) is 0 Å². The molecule has 4 nitrogen and oxygen atoms in total. The first-order valence-corrected chi connectivity index (χ1v) is 5.77. The molecule has 1 amide bonds. The van der Waals surface area contributed by atoms with E-state index in [2.05, 4.69) is 0 Å². The molecule has 4 heteroatoms. The predicted octanol–water partition coefficient (Wildman–Crippen LogP) is 0.219. The second kappa shape index (κ2) is 4.49. The van der Waals surface area contributed by atoms with Crippen molar-refractivity contribution in [3.05, 3.63) is 0 Å². The van der Waals surface area contributed by atoms with Crippen LogP contribution in [0.1, 0.15) is 19.3 Å². The summed E-state index contributed by atoms with van der Waals surface area (Å²) in [6.45, 7) is 1.91. The smallest absolute Gasteiger partial charge is 0.229 e. The van der Waals surface area contributed by atoms with E-state index in [1.165, 1.54) is 19.3 Å². The molecule has 0 bridgehead atoms. The molecule has 0 radical (unpaired) electrons. The van der Waals surface area contributed by atoms with Gasteiger partial charge in [-0.1, -0.05) is 6.42 Å². The summed E-state index contributed by atoms with van der Waals surface area (Å²) in [4.78, 5) is 13.8. The van der Waals surface area contributed by atoms with Crippen LogP contribution in [0.15, 0.2) is 0 Å². The molecule has 1 saturated heterocycles. The third-order valence-corrected chi connectivity index (χ3v) is 3.57. The summed E-state index contributed by atoms with van der Waals surface area (Å²) in [6, 6.07) is -0.110. The first kappa shape index (κ1) is 10.9. The van der Waals surface area contributed by atoms with Gasteiger partial charge in [0.15, 0.2) is 0 Å². The summed E-state index contributed by atoms with van der Waals surface area (Å²) in [5.74, 6) is 0.763. The molecular formula is C11H20N2O2. The van der Waals surface area contributed by atoms with E-state index in [-0.39, 0.29) is 17.9 Å². The van der Waals surface area contributed by atoms with Crippen LogP contribution < -0.4 is 5.73 Å². The molecule has 86 valence electrons. The molecule has 2 aliphatic rings. The second-order valence-corrected chi connectivity index (χ2v) is 4.82. The van der Waals surface area contributed by atoms with E-state index in [0.29, 0.717) is 13.2 Å². The third kappa shape index (κ3) is 2.32. The first-order valence-electron chi connectivity index (χ1n) is 5.77. The summed E-state index contributed by atoms with van der Waals surface area (Å²) in [5.41, 5.74) is 5.82. The van der Waals surface area contributed by atoms with Gasteiger partial charge in [-0.05, 0) is 18.8 Å². The number of carbonyl (C=O) groups is 1. The summed E-state index contributed by atoms with van der Waals surface area (Å²) in [7, 11) is 1.88. The average Bonchev–Trinajstić information content (AvgIpc) is 2.56. The van der Waals surface area contributed by atoms with Crippen LogP contribution in [0.4, 0.5) is 0 Å². The van der Waals surface area contributed by atoms with Crippen LogP contribution >= 0.6 is 0 Å². The summed E-state index contributed by atoms with van der Waals surface area (Å²) in [5, 5.41) is 0. The van der Waals surface area contributed by atoms with Crippen molar-refractivity contribution in [1.82, 2.24) is 4.90 Å². The second-order valence-electron chi connectivity index (χ2n) is 4.82. The Labute approximate surface area is 90.8 Å². The van der Waals surface area contributed by atoms with Crippen molar-refractivity contribution in [2.24, 2.45) is 17.6 Å². The lowest BCUT2D eigenvalue weighted by Crippen LogP contribution is -2.44. The van der Waals surface area contributed by atoms with Gasteiger partial charge >= 0.3 is 0 Å². The fourth-order valence-electron chi connectivity index (χ4n) is 2.26. The molecule has 0 aromatic heterocycles. The normalized spacial score (nSPS) is 31.3. The maximum atomic E-state index is 12.0. The number of nitrogens with zero attached hydrogens (tertiary/aromatic N) is 1. The highest BCUT2D eigenvalue weighted by atomic mass is 16.5. The maximum Gasteiger partial charge on any atom is 0.229 e. The number of rotatable bonds is 3. The third-order valence-electron chi connectivity index (χ3n) is 3.57. The molecular weight excluding hydrogens is 192 g/mol. The molecule has 0 spiro atoms. The molecule has 1 aliphatic carbocycles. The van der Waals surface area contributed by atoms with Gasteiger partial charge in [-0.15, -0.1) is 0 Å².